The van der Waals surface area contributed by atoms with E-state index >= 15 is 0 Å². The van der Waals surface area contributed by atoms with Gasteiger partial charge in [0, 0.05) is 6.20 Å². The first kappa shape index (κ1) is 11.6. The smallest absolute Gasteiger partial charge is 0.302 e. The SMILES string of the molecule is C1=Cn2c(nc3ccccc32)CC2=Nc3ccccc3[N+]2=C1. The van der Waals surface area contributed by atoms with Gasteiger partial charge >= 0.3 is 5.84 Å². The van der Waals surface area contributed by atoms with E-state index in [2.05, 4.69) is 39.8 Å². The van der Waals surface area contributed by atoms with Gasteiger partial charge in [-0.2, -0.15) is 4.58 Å². The summed E-state index contributed by atoms with van der Waals surface area (Å²) in [5.74, 6) is 2.03. The van der Waals surface area contributed by atoms with Gasteiger partial charge in [0.2, 0.25) is 5.69 Å². The lowest BCUT2D eigenvalue weighted by Gasteiger charge is -2.05. The maximum atomic E-state index is 4.77. The monoisotopic (exact) mass is 285 g/mol. The van der Waals surface area contributed by atoms with Gasteiger partial charge in [-0.1, -0.05) is 24.3 Å². The summed E-state index contributed by atoms with van der Waals surface area (Å²) in [6, 6.07) is 16.4. The highest BCUT2D eigenvalue weighted by atomic mass is 15.2. The summed E-state index contributed by atoms with van der Waals surface area (Å²) in [5.41, 5.74) is 4.30. The predicted molar refractivity (Wildman–Crippen MR) is 88.3 cm³/mol. The molecule has 5 rings (SSSR count). The summed E-state index contributed by atoms with van der Waals surface area (Å²) in [5, 5.41) is 0. The standard InChI is InChI=1S/C18H13N4/c1-3-8-15-13(6-1)19-17-12-18-20-14-7-2-4-9-16(14)22(18)11-5-10-21(15)17/h1-11H,12H2/q+1. The molecule has 22 heavy (non-hydrogen) atoms. The van der Waals surface area contributed by atoms with E-state index in [0.29, 0.717) is 6.42 Å². The molecular weight excluding hydrogens is 272 g/mol. The van der Waals surface area contributed by atoms with Crippen LogP contribution >= 0.6 is 0 Å². The molecular formula is C18H13N4+. The van der Waals surface area contributed by atoms with E-state index in [1.165, 1.54) is 0 Å². The Bertz CT molecular complexity index is 1000. The van der Waals surface area contributed by atoms with Gasteiger partial charge in [-0.3, -0.25) is 0 Å². The molecule has 0 fully saturated rings. The van der Waals surface area contributed by atoms with Gasteiger partial charge in [0.15, 0.2) is 5.69 Å². The number of hydrogen-bond acceptors (Lipinski definition) is 2. The highest BCUT2D eigenvalue weighted by Gasteiger charge is 2.31. The number of aliphatic imine (C=N–C) groups is 1. The quantitative estimate of drug-likeness (QED) is 0.582. The van der Waals surface area contributed by atoms with Crippen molar-refractivity contribution in [2.75, 3.05) is 0 Å². The van der Waals surface area contributed by atoms with Gasteiger partial charge in [0.05, 0.1) is 17.2 Å². The normalized spacial score (nSPS) is 15.5. The van der Waals surface area contributed by atoms with Crippen LogP contribution < -0.4 is 0 Å². The molecule has 0 unspecified atom stereocenters. The van der Waals surface area contributed by atoms with Crippen LogP contribution in [0.1, 0.15) is 5.82 Å². The molecule has 2 aliphatic heterocycles. The fourth-order valence-corrected chi connectivity index (χ4v) is 3.12. The third-order valence-corrected chi connectivity index (χ3v) is 4.12. The number of fused-ring (bicyclic) bond motifs is 6. The summed E-state index contributed by atoms with van der Waals surface area (Å²) in [6.07, 6.45) is 6.91. The van der Waals surface area contributed by atoms with E-state index in [1.807, 2.05) is 36.4 Å². The molecule has 0 N–H and O–H groups in total. The van der Waals surface area contributed by atoms with Crippen molar-refractivity contribution in [1.29, 1.82) is 0 Å². The number of hydrogen-bond donors (Lipinski definition) is 0. The van der Waals surface area contributed by atoms with Gasteiger partial charge in [-0.25, -0.2) is 4.98 Å². The Hall–Kier alpha value is -3.01. The van der Waals surface area contributed by atoms with E-state index in [0.717, 1.165) is 34.1 Å². The number of amidine groups is 1. The Kier molecular flexibility index (Phi) is 2.24. The van der Waals surface area contributed by atoms with Gasteiger partial charge in [0.1, 0.15) is 12.2 Å². The molecule has 0 atom stereocenters. The maximum Gasteiger partial charge on any atom is 0.312 e. The van der Waals surface area contributed by atoms with Crippen LogP contribution in [0.25, 0.3) is 17.2 Å². The Labute approximate surface area is 127 Å². The van der Waals surface area contributed by atoms with E-state index in [-0.39, 0.29) is 0 Å². The zero-order chi connectivity index (χ0) is 14.5. The van der Waals surface area contributed by atoms with Crippen LogP contribution in [0, 0.1) is 0 Å². The summed E-state index contributed by atoms with van der Waals surface area (Å²) in [7, 11) is 0. The van der Waals surface area contributed by atoms with Crippen LogP contribution in [0.3, 0.4) is 0 Å². The molecule has 4 nitrogen and oxygen atoms in total. The second kappa shape index (κ2) is 4.24. The fraction of sp³-hybridized carbons (Fsp3) is 0.0556. The van der Waals surface area contributed by atoms with Crippen molar-refractivity contribution >= 4 is 40.7 Å². The fourth-order valence-electron chi connectivity index (χ4n) is 3.12. The first-order valence-electron chi connectivity index (χ1n) is 7.33. The van der Waals surface area contributed by atoms with Gasteiger partial charge in [0.25, 0.3) is 0 Å². The van der Waals surface area contributed by atoms with Crippen molar-refractivity contribution in [2.45, 2.75) is 6.42 Å². The molecule has 1 aromatic heterocycles. The second-order valence-corrected chi connectivity index (χ2v) is 5.44. The predicted octanol–water partition coefficient (Wildman–Crippen LogP) is 3.52. The second-order valence-electron chi connectivity index (χ2n) is 5.44. The van der Waals surface area contributed by atoms with Gasteiger partial charge < -0.3 is 4.57 Å². The number of aromatic nitrogens is 2. The van der Waals surface area contributed by atoms with Crippen molar-refractivity contribution in [3.8, 4) is 0 Å². The van der Waals surface area contributed by atoms with Crippen LogP contribution in [0.5, 0.6) is 0 Å². The topological polar surface area (TPSA) is 33.2 Å². The highest BCUT2D eigenvalue weighted by Crippen LogP contribution is 2.34. The van der Waals surface area contributed by atoms with Crippen molar-refractivity contribution in [3.05, 3.63) is 60.4 Å². The van der Waals surface area contributed by atoms with E-state index in [9.17, 15) is 0 Å². The maximum absolute atomic E-state index is 4.77. The molecule has 0 saturated heterocycles. The Morgan fingerprint density at radius 3 is 2.86 bits per heavy atom. The Balaban J connectivity index is 1.73. The summed E-state index contributed by atoms with van der Waals surface area (Å²) in [6.45, 7) is 0. The number of rotatable bonds is 0. The minimum Gasteiger partial charge on any atom is -0.302 e. The number of allylic oxidation sites excluding steroid dienone is 1. The lowest BCUT2D eigenvalue weighted by atomic mass is 10.2. The summed E-state index contributed by atoms with van der Waals surface area (Å²) in [4.78, 5) is 9.54. The first-order valence-corrected chi connectivity index (χ1v) is 7.33. The lowest BCUT2D eigenvalue weighted by Crippen LogP contribution is -2.19. The third-order valence-electron chi connectivity index (χ3n) is 4.12. The molecule has 3 aromatic rings. The van der Waals surface area contributed by atoms with Crippen molar-refractivity contribution in [3.63, 3.8) is 0 Å². The molecule has 4 heteroatoms. The minimum absolute atomic E-state index is 0.712. The minimum atomic E-state index is 0.712. The molecule has 2 aliphatic rings. The number of para-hydroxylation sites is 4. The van der Waals surface area contributed by atoms with E-state index in [1.54, 1.807) is 0 Å². The number of nitrogens with zero attached hydrogens (tertiary/aromatic N) is 4. The zero-order valence-electron chi connectivity index (χ0n) is 11.8. The summed E-state index contributed by atoms with van der Waals surface area (Å²) < 4.78 is 4.30. The average molecular weight is 285 g/mol. The Morgan fingerprint density at radius 1 is 1.00 bits per heavy atom. The number of benzene rings is 2. The van der Waals surface area contributed by atoms with Gasteiger partial charge in [-0.05, 0) is 35.3 Å². The van der Waals surface area contributed by atoms with Crippen LogP contribution in [-0.2, 0) is 6.42 Å². The largest absolute Gasteiger partial charge is 0.312 e. The van der Waals surface area contributed by atoms with Gasteiger partial charge in [-0.15, -0.1) is 0 Å². The molecule has 0 bridgehead atoms. The van der Waals surface area contributed by atoms with Crippen LogP contribution in [0.4, 0.5) is 11.4 Å². The molecule has 104 valence electrons. The first-order chi connectivity index (χ1) is 10.9. The van der Waals surface area contributed by atoms with E-state index < -0.39 is 0 Å². The number of imidazole rings is 1. The zero-order valence-corrected chi connectivity index (χ0v) is 11.8. The third kappa shape index (κ3) is 1.55. The molecule has 0 radical (unpaired) electrons. The molecule has 0 spiro atoms. The molecule has 0 saturated carbocycles. The van der Waals surface area contributed by atoms with Crippen molar-refractivity contribution < 1.29 is 4.58 Å². The van der Waals surface area contributed by atoms with Crippen molar-refractivity contribution in [2.24, 2.45) is 4.99 Å². The molecule has 0 amide bonds. The van der Waals surface area contributed by atoms with Crippen molar-refractivity contribution in [1.82, 2.24) is 9.55 Å². The highest BCUT2D eigenvalue weighted by molar-refractivity contribution is 5.94. The molecule has 0 aliphatic carbocycles. The van der Waals surface area contributed by atoms with Crippen LogP contribution in [0.2, 0.25) is 0 Å². The van der Waals surface area contributed by atoms with Crippen LogP contribution in [-0.4, -0.2) is 26.2 Å². The molecule has 2 aromatic carbocycles. The lowest BCUT2D eigenvalue weighted by molar-refractivity contribution is -0.296. The average Bonchev–Trinajstić information content (AvgIpc) is 3.04. The van der Waals surface area contributed by atoms with Crippen LogP contribution in [0.15, 0.2) is 59.6 Å². The van der Waals surface area contributed by atoms with E-state index in [4.69, 9.17) is 9.98 Å². The molecule has 3 heterocycles. The summed E-state index contributed by atoms with van der Waals surface area (Å²) >= 11 is 0. The Morgan fingerprint density at radius 2 is 1.86 bits per heavy atom.